The molecule has 1 amide bonds. The van der Waals surface area contributed by atoms with E-state index < -0.39 is 10.0 Å². The lowest BCUT2D eigenvalue weighted by Crippen LogP contribution is -2.39. The lowest BCUT2D eigenvalue weighted by atomic mass is 10.4. The number of rotatable bonds is 9. The molecule has 1 aliphatic rings. The van der Waals surface area contributed by atoms with Gasteiger partial charge in [-0.05, 0) is 39.9 Å². The number of nitrogens with zero attached hydrogens (tertiary/aromatic N) is 2. The van der Waals surface area contributed by atoms with Crippen LogP contribution >= 0.6 is 0 Å². The summed E-state index contributed by atoms with van der Waals surface area (Å²) in [6.07, 6.45) is 3.93. The van der Waals surface area contributed by atoms with Crippen LogP contribution in [-0.4, -0.2) is 70.1 Å². The molecule has 0 aromatic heterocycles. The van der Waals surface area contributed by atoms with Crippen molar-refractivity contribution in [3.63, 3.8) is 0 Å². The van der Waals surface area contributed by atoms with Crippen LogP contribution in [0.2, 0.25) is 0 Å². The average molecular weight is 291 g/mol. The third-order valence-corrected chi connectivity index (χ3v) is 4.39. The molecule has 0 aliphatic heterocycles. The zero-order valence-corrected chi connectivity index (χ0v) is 12.9. The molecule has 112 valence electrons. The van der Waals surface area contributed by atoms with Crippen molar-refractivity contribution in [1.29, 1.82) is 0 Å². The summed E-state index contributed by atoms with van der Waals surface area (Å²) >= 11 is 0. The van der Waals surface area contributed by atoms with Crippen molar-refractivity contribution in [2.75, 3.05) is 46.5 Å². The maximum absolute atomic E-state index is 11.6. The van der Waals surface area contributed by atoms with Gasteiger partial charge in [-0.15, -0.1) is 0 Å². The van der Waals surface area contributed by atoms with Crippen LogP contribution < -0.4 is 5.32 Å². The Labute approximate surface area is 116 Å². The Kier molecular flexibility index (Phi) is 6.22. The normalized spacial score (nSPS) is 16.1. The topological polar surface area (TPSA) is 69.7 Å². The fourth-order valence-corrected chi connectivity index (χ4v) is 2.68. The molecule has 1 rings (SSSR count). The van der Waals surface area contributed by atoms with E-state index in [0.717, 1.165) is 25.8 Å². The summed E-state index contributed by atoms with van der Waals surface area (Å²) in [7, 11) is 0.716. The van der Waals surface area contributed by atoms with Crippen LogP contribution in [0.4, 0.5) is 0 Å². The quantitative estimate of drug-likeness (QED) is 0.635. The minimum atomic E-state index is -3.20. The second kappa shape index (κ2) is 7.21. The van der Waals surface area contributed by atoms with Gasteiger partial charge in [0, 0.05) is 25.6 Å². The lowest BCUT2D eigenvalue weighted by Gasteiger charge is -2.21. The highest BCUT2D eigenvalue weighted by atomic mass is 32.2. The predicted molar refractivity (Wildman–Crippen MR) is 75.3 cm³/mol. The molecule has 0 unspecified atom stereocenters. The first kappa shape index (κ1) is 16.4. The Morgan fingerprint density at radius 3 is 2.32 bits per heavy atom. The summed E-state index contributed by atoms with van der Waals surface area (Å²) in [6, 6.07) is 0. The molecule has 0 bridgehead atoms. The van der Waals surface area contributed by atoms with Crippen LogP contribution in [0, 0.1) is 5.92 Å². The molecule has 0 aromatic carbocycles. The Hall–Kier alpha value is -0.660. The van der Waals surface area contributed by atoms with E-state index in [1.807, 2.05) is 19.0 Å². The van der Waals surface area contributed by atoms with E-state index in [2.05, 4.69) is 5.32 Å². The summed E-state index contributed by atoms with van der Waals surface area (Å²) in [5.74, 6) is 0.224. The third-order valence-electron chi connectivity index (χ3n) is 3.09. The van der Waals surface area contributed by atoms with Gasteiger partial charge in [0.2, 0.25) is 15.9 Å². The maximum atomic E-state index is 11.6. The Bertz CT molecular complexity index is 391. The summed E-state index contributed by atoms with van der Waals surface area (Å²) in [5.41, 5.74) is 0. The molecule has 1 saturated carbocycles. The van der Waals surface area contributed by atoms with Gasteiger partial charge in [-0.25, -0.2) is 12.7 Å². The summed E-state index contributed by atoms with van der Waals surface area (Å²) in [6.45, 7) is 2.09. The van der Waals surface area contributed by atoms with E-state index >= 15 is 0 Å². The zero-order valence-electron chi connectivity index (χ0n) is 12.1. The van der Waals surface area contributed by atoms with Gasteiger partial charge >= 0.3 is 0 Å². The van der Waals surface area contributed by atoms with Crippen molar-refractivity contribution >= 4 is 15.9 Å². The first-order valence-electron chi connectivity index (χ1n) is 6.68. The molecule has 0 saturated heterocycles. The molecule has 0 atom stereocenters. The van der Waals surface area contributed by atoms with E-state index in [9.17, 15) is 13.2 Å². The van der Waals surface area contributed by atoms with Crippen molar-refractivity contribution < 1.29 is 13.2 Å². The van der Waals surface area contributed by atoms with Gasteiger partial charge in [-0.2, -0.15) is 0 Å². The predicted octanol–water partition coefficient (Wildman–Crippen LogP) is -0.274. The molecule has 6 nitrogen and oxygen atoms in total. The van der Waals surface area contributed by atoms with Gasteiger partial charge < -0.3 is 10.2 Å². The number of carbonyl (C=O) groups is 1. The van der Waals surface area contributed by atoms with E-state index in [-0.39, 0.29) is 11.8 Å². The smallest absolute Gasteiger partial charge is 0.223 e. The zero-order chi connectivity index (χ0) is 14.5. The first-order chi connectivity index (χ1) is 8.80. The first-order valence-corrected chi connectivity index (χ1v) is 8.53. The van der Waals surface area contributed by atoms with Crippen molar-refractivity contribution in [2.24, 2.45) is 5.92 Å². The van der Waals surface area contributed by atoms with E-state index in [4.69, 9.17) is 0 Å². The van der Waals surface area contributed by atoms with Gasteiger partial charge in [0.05, 0.1) is 6.26 Å². The van der Waals surface area contributed by atoms with Gasteiger partial charge in [0.25, 0.3) is 0 Å². The monoisotopic (exact) mass is 291 g/mol. The molecule has 0 heterocycles. The highest BCUT2D eigenvalue weighted by Gasteiger charge is 2.29. The van der Waals surface area contributed by atoms with Crippen molar-refractivity contribution in [3.05, 3.63) is 0 Å². The highest BCUT2D eigenvalue weighted by Crippen LogP contribution is 2.28. The van der Waals surface area contributed by atoms with E-state index in [1.165, 1.54) is 10.6 Å². The van der Waals surface area contributed by atoms with Gasteiger partial charge in [-0.1, -0.05) is 0 Å². The number of hydrogen-bond donors (Lipinski definition) is 1. The van der Waals surface area contributed by atoms with Crippen LogP contribution in [0.15, 0.2) is 0 Å². The number of nitrogens with one attached hydrogen (secondary N) is 1. The fourth-order valence-electron chi connectivity index (χ4n) is 1.80. The van der Waals surface area contributed by atoms with E-state index in [1.54, 1.807) is 0 Å². The maximum Gasteiger partial charge on any atom is 0.223 e. The Morgan fingerprint density at radius 2 is 1.84 bits per heavy atom. The Morgan fingerprint density at radius 1 is 1.21 bits per heavy atom. The minimum absolute atomic E-state index is 0.0572. The van der Waals surface area contributed by atoms with Crippen molar-refractivity contribution in [3.8, 4) is 0 Å². The highest BCUT2D eigenvalue weighted by molar-refractivity contribution is 7.88. The minimum Gasteiger partial charge on any atom is -0.355 e. The average Bonchev–Trinajstić information content (AvgIpc) is 3.08. The molecule has 0 spiro atoms. The van der Waals surface area contributed by atoms with Crippen molar-refractivity contribution in [2.45, 2.75) is 19.3 Å². The largest absolute Gasteiger partial charge is 0.355 e. The van der Waals surface area contributed by atoms with Crippen LogP contribution in [0.1, 0.15) is 19.3 Å². The summed E-state index contributed by atoms with van der Waals surface area (Å²) in [5, 5.41) is 2.79. The van der Waals surface area contributed by atoms with Crippen molar-refractivity contribution in [1.82, 2.24) is 14.5 Å². The van der Waals surface area contributed by atoms with Crippen LogP contribution in [0.25, 0.3) is 0 Å². The van der Waals surface area contributed by atoms with Crippen LogP contribution in [0.5, 0.6) is 0 Å². The molecule has 1 N–H and O–H groups in total. The molecule has 0 aromatic rings. The summed E-state index contributed by atoms with van der Waals surface area (Å²) < 4.78 is 24.7. The SMILES string of the molecule is CN(C)CCCN(CCNC(=O)C1CC1)S(C)(=O)=O. The molecule has 1 aliphatic carbocycles. The molecular formula is C12H25N3O3S. The second-order valence-corrected chi connectivity index (χ2v) is 7.37. The van der Waals surface area contributed by atoms with Gasteiger partial charge in [-0.3, -0.25) is 4.79 Å². The Balaban J connectivity index is 2.30. The number of amides is 1. The lowest BCUT2D eigenvalue weighted by molar-refractivity contribution is -0.122. The molecule has 7 heteroatoms. The van der Waals surface area contributed by atoms with Crippen LogP contribution in [-0.2, 0) is 14.8 Å². The number of sulfonamides is 1. The fraction of sp³-hybridized carbons (Fsp3) is 0.917. The molecule has 0 radical (unpaired) electrons. The molecule has 1 fully saturated rings. The number of hydrogen-bond acceptors (Lipinski definition) is 4. The molecular weight excluding hydrogens is 266 g/mol. The van der Waals surface area contributed by atoms with Gasteiger partial charge in [0.1, 0.15) is 0 Å². The third kappa shape index (κ3) is 6.89. The number of carbonyl (C=O) groups excluding carboxylic acids is 1. The summed E-state index contributed by atoms with van der Waals surface area (Å²) in [4.78, 5) is 13.5. The van der Waals surface area contributed by atoms with Crippen LogP contribution in [0.3, 0.4) is 0 Å². The standard InChI is InChI=1S/C12H25N3O3S/c1-14(2)8-4-9-15(19(3,17)18)10-7-13-12(16)11-5-6-11/h11H,4-10H2,1-3H3,(H,13,16). The van der Waals surface area contributed by atoms with Gasteiger partial charge in [0.15, 0.2) is 0 Å². The van der Waals surface area contributed by atoms with E-state index in [0.29, 0.717) is 19.6 Å². The second-order valence-electron chi connectivity index (χ2n) is 5.38. The molecule has 19 heavy (non-hydrogen) atoms.